The van der Waals surface area contributed by atoms with Gasteiger partial charge < -0.3 is 14.5 Å². The van der Waals surface area contributed by atoms with E-state index in [1.165, 1.54) is 4.90 Å². The third-order valence-electron chi connectivity index (χ3n) is 11.3. The Bertz CT molecular complexity index is 1750. The van der Waals surface area contributed by atoms with Crippen LogP contribution < -0.4 is 9.64 Å². The SMILES string of the molecule is CN(C)C(=O)c1nn2c(c1Cl)CN(c1nc(OC[C@@]34CCCN3C[C@H](F)C4)nc3c1CN(C)[C@@]1(CCc4cccc(F)c41)C3)CCC2. The minimum Gasteiger partial charge on any atom is -0.461 e. The predicted molar refractivity (Wildman–Crippen MR) is 173 cm³/mol. The molecule has 0 bridgehead atoms. The monoisotopic (exact) mass is 666 g/mol. The number of nitrogens with zero attached hydrogens (tertiary/aromatic N) is 8. The molecule has 2 fully saturated rings. The minimum atomic E-state index is -0.859. The maximum absolute atomic E-state index is 15.5. The number of carbonyl (C=O) groups excluding carboxylic acids is 1. The van der Waals surface area contributed by atoms with Crippen molar-refractivity contribution in [3.8, 4) is 6.01 Å². The molecular formula is C34H41ClF2N8O2. The van der Waals surface area contributed by atoms with Crippen molar-refractivity contribution >= 4 is 23.3 Å². The van der Waals surface area contributed by atoms with Crippen LogP contribution in [0.25, 0.3) is 0 Å². The number of rotatable bonds is 5. The number of halogens is 3. The molecule has 2 saturated heterocycles. The van der Waals surface area contributed by atoms with Gasteiger partial charge in [-0.2, -0.15) is 15.1 Å². The zero-order valence-electron chi connectivity index (χ0n) is 27.2. The van der Waals surface area contributed by atoms with Crippen molar-refractivity contribution in [1.82, 2.24) is 34.4 Å². The van der Waals surface area contributed by atoms with Crippen molar-refractivity contribution in [2.75, 3.05) is 52.3 Å². The van der Waals surface area contributed by atoms with Crippen LogP contribution in [0.3, 0.4) is 0 Å². The summed E-state index contributed by atoms with van der Waals surface area (Å²) in [6, 6.07) is 5.64. The van der Waals surface area contributed by atoms with Crippen molar-refractivity contribution in [3.05, 3.63) is 62.8 Å². The molecule has 1 aromatic carbocycles. The van der Waals surface area contributed by atoms with E-state index in [4.69, 9.17) is 26.3 Å². The third-order valence-corrected chi connectivity index (χ3v) is 11.7. The molecular weight excluding hydrogens is 626 g/mol. The van der Waals surface area contributed by atoms with Crippen LogP contribution in [0.5, 0.6) is 6.01 Å². The lowest BCUT2D eigenvalue weighted by Crippen LogP contribution is -2.48. The van der Waals surface area contributed by atoms with Gasteiger partial charge in [-0.15, -0.1) is 0 Å². The molecule has 0 saturated carbocycles. The zero-order chi connectivity index (χ0) is 32.7. The van der Waals surface area contributed by atoms with Crippen LogP contribution in [0.1, 0.15) is 70.7 Å². The molecule has 0 N–H and O–H groups in total. The van der Waals surface area contributed by atoms with Crippen LogP contribution in [0.15, 0.2) is 18.2 Å². The quantitative estimate of drug-likeness (QED) is 0.398. The first-order valence-corrected chi connectivity index (χ1v) is 17.1. The van der Waals surface area contributed by atoms with E-state index in [1.807, 2.05) is 10.7 Å². The zero-order valence-corrected chi connectivity index (χ0v) is 28.0. The van der Waals surface area contributed by atoms with E-state index in [0.29, 0.717) is 57.2 Å². The van der Waals surface area contributed by atoms with Crippen LogP contribution >= 0.6 is 11.6 Å². The molecule has 3 aromatic rings. The lowest BCUT2D eigenvalue weighted by molar-refractivity contribution is 0.0821. The van der Waals surface area contributed by atoms with Gasteiger partial charge in [0.05, 0.1) is 34.0 Å². The summed E-state index contributed by atoms with van der Waals surface area (Å²) in [5.41, 5.74) is 3.78. The maximum atomic E-state index is 15.5. The average molecular weight is 667 g/mol. The molecule has 2 aromatic heterocycles. The summed E-state index contributed by atoms with van der Waals surface area (Å²) in [6.07, 6.45) is 4.40. The largest absolute Gasteiger partial charge is 0.461 e. The molecule has 4 aliphatic heterocycles. The Labute approximate surface area is 278 Å². The maximum Gasteiger partial charge on any atom is 0.318 e. The number of ether oxygens (including phenoxy) is 1. The van der Waals surface area contributed by atoms with Gasteiger partial charge in [-0.3, -0.25) is 19.3 Å². The highest BCUT2D eigenvalue weighted by Gasteiger charge is 2.50. The summed E-state index contributed by atoms with van der Waals surface area (Å²) in [7, 11) is 5.44. The summed E-state index contributed by atoms with van der Waals surface area (Å²) < 4.78 is 38.4. The summed E-state index contributed by atoms with van der Waals surface area (Å²) in [4.78, 5) is 31.1. The van der Waals surface area contributed by atoms with E-state index in [9.17, 15) is 9.18 Å². The van der Waals surface area contributed by atoms with E-state index in [-0.39, 0.29) is 29.0 Å². The number of alkyl halides is 1. The van der Waals surface area contributed by atoms with Gasteiger partial charge in [-0.05, 0) is 57.3 Å². The first kappa shape index (κ1) is 31.0. The molecule has 5 aliphatic rings. The second-order valence-electron chi connectivity index (χ2n) is 14.3. The van der Waals surface area contributed by atoms with Crippen molar-refractivity contribution in [3.63, 3.8) is 0 Å². The van der Waals surface area contributed by atoms with Gasteiger partial charge in [0.1, 0.15) is 24.4 Å². The van der Waals surface area contributed by atoms with Gasteiger partial charge >= 0.3 is 6.01 Å². The van der Waals surface area contributed by atoms with E-state index >= 15 is 4.39 Å². The van der Waals surface area contributed by atoms with Gasteiger partial charge in [0.15, 0.2) is 5.69 Å². The highest BCUT2D eigenvalue weighted by Crippen LogP contribution is 2.49. The molecule has 6 heterocycles. The predicted octanol–water partition coefficient (Wildman–Crippen LogP) is 4.36. The number of hydrogen-bond acceptors (Lipinski definition) is 8. The lowest BCUT2D eigenvalue weighted by Gasteiger charge is -2.44. The smallest absolute Gasteiger partial charge is 0.318 e. The molecule has 47 heavy (non-hydrogen) atoms. The first-order valence-electron chi connectivity index (χ1n) is 16.7. The molecule has 250 valence electrons. The van der Waals surface area contributed by atoms with Crippen LogP contribution in [-0.2, 0) is 38.0 Å². The van der Waals surface area contributed by atoms with Gasteiger partial charge in [0.2, 0.25) is 0 Å². The van der Waals surface area contributed by atoms with Crippen LogP contribution in [0.2, 0.25) is 5.02 Å². The molecule has 10 nitrogen and oxygen atoms in total. The van der Waals surface area contributed by atoms with E-state index in [0.717, 1.165) is 72.5 Å². The number of aryl methyl sites for hydroxylation is 2. The van der Waals surface area contributed by atoms with Crippen LogP contribution in [0, 0.1) is 5.82 Å². The fourth-order valence-electron chi connectivity index (χ4n) is 8.91. The Hall–Kier alpha value is -3.35. The normalized spacial score (nSPS) is 27.0. The molecule has 1 spiro atoms. The number of carbonyl (C=O) groups is 1. The first-order chi connectivity index (χ1) is 22.6. The molecule has 13 heteroatoms. The van der Waals surface area contributed by atoms with E-state index < -0.39 is 11.7 Å². The highest BCUT2D eigenvalue weighted by molar-refractivity contribution is 6.34. The second-order valence-corrected chi connectivity index (χ2v) is 14.6. The molecule has 1 amide bonds. The molecule has 0 unspecified atom stereocenters. The molecule has 3 atom stereocenters. The van der Waals surface area contributed by atoms with Crippen molar-refractivity contribution in [2.45, 2.75) is 81.8 Å². The lowest BCUT2D eigenvalue weighted by atomic mass is 9.80. The van der Waals surface area contributed by atoms with Crippen molar-refractivity contribution < 1.29 is 18.3 Å². The average Bonchev–Trinajstić information content (AvgIpc) is 3.73. The Morgan fingerprint density at radius 1 is 1.15 bits per heavy atom. The highest BCUT2D eigenvalue weighted by atomic mass is 35.5. The summed E-state index contributed by atoms with van der Waals surface area (Å²) in [6.45, 7) is 3.89. The van der Waals surface area contributed by atoms with Gasteiger partial charge in [0.25, 0.3) is 5.91 Å². The Morgan fingerprint density at radius 2 is 2.00 bits per heavy atom. The van der Waals surface area contributed by atoms with Crippen molar-refractivity contribution in [1.29, 1.82) is 0 Å². The number of anilines is 1. The van der Waals surface area contributed by atoms with E-state index in [1.54, 1.807) is 26.2 Å². The Morgan fingerprint density at radius 3 is 2.83 bits per heavy atom. The van der Waals surface area contributed by atoms with Gasteiger partial charge in [-0.1, -0.05) is 23.7 Å². The van der Waals surface area contributed by atoms with Gasteiger partial charge in [-0.25, -0.2) is 8.78 Å². The minimum absolute atomic E-state index is 0.179. The Kier molecular flexibility index (Phi) is 7.49. The summed E-state index contributed by atoms with van der Waals surface area (Å²) in [5.74, 6) is 0.332. The number of fused-ring (bicyclic) bond motifs is 5. The number of aromatic nitrogens is 4. The number of amides is 1. The molecule has 0 radical (unpaired) electrons. The fourth-order valence-corrected chi connectivity index (χ4v) is 9.19. The van der Waals surface area contributed by atoms with Gasteiger partial charge in [0, 0.05) is 64.2 Å². The molecule has 1 aliphatic carbocycles. The number of benzene rings is 1. The summed E-state index contributed by atoms with van der Waals surface area (Å²) >= 11 is 6.84. The van der Waals surface area contributed by atoms with E-state index in [2.05, 4.69) is 26.8 Å². The summed E-state index contributed by atoms with van der Waals surface area (Å²) in [5, 5.41) is 4.95. The Balaban J connectivity index is 1.19. The van der Waals surface area contributed by atoms with Crippen molar-refractivity contribution in [2.24, 2.45) is 0 Å². The molecule has 8 rings (SSSR count). The van der Waals surface area contributed by atoms with Crippen LogP contribution in [-0.4, -0.2) is 99.5 Å². The number of likely N-dealkylation sites (N-methyl/N-ethyl adjacent to an activating group) is 1. The second kappa shape index (κ2) is 11.4. The standard InChI is InChI=1S/C34H41ClF2N8O2/c1-41(2)31(46)29-28(35)26-19-43(12-6-14-45(26)40-29)30-23-18-42(3)34(11-9-21-7-4-8-24(37)27(21)34)16-25(23)38-32(39-30)47-20-33-10-5-13-44(33)17-22(36)15-33/h4,7-8,22H,5-6,9-20H2,1-3H3/t22-,33+,34+/m1/s1. The van der Waals surface area contributed by atoms with Crippen LogP contribution in [0.4, 0.5) is 14.6 Å². The third kappa shape index (κ3) is 4.92. The number of hydrogen-bond donors (Lipinski definition) is 0. The topological polar surface area (TPSA) is 82.9 Å². The fraction of sp³-hybridized carbons (Fsp3) is 0.588.